The molecule has 0 aliphatic carbocycles. The lowest BCUT2D eigenvalue weighted by atomic mass is 10.1. The Hall–Kier alpha value is -2.41. The number of hydrogen-bond acceptors (Lipinski definition) is 4. The highest BCUT2D eigenvalue weighted by Gasteiger charge is 2.22. The molecule has 2 N–H and O–H groups in total. The summed E-state index contributed by atoms with van der Waals surface area (Å²) in [6, 6.07) is 8.27. The van der Waals surface area contributed by atoms with Gasteiger partial charge in [-0.3, -0.25) is 9.79 Å². The number of nitrogens with zero attached hydrogens (tertiary/aromatic N) is 3. The van der Waals surface area contributed by atoms with Crippen LogP contribution in [-0.2, 0) is 24.4 Å². The minimum absolute atomic E-state index is 0.215. The largest absolute Gasteiger partial charge is 0.356 e. The molecule has 0 fully saturated rings. The van der Waals surface area contributed by atoms with Gasteiger partial charge in [-0.05, 0) is 31.4 Å². The number of carbonyl (C=O) groups excluding carboxylic acids is 1. The van der Waals surface area contributed by atoms with Crippen LogP contribution in [0.5, 0.6) is 0 Å². The van der Waals surface area contributed by atoms with Gasteiger partial charge in [-0.2, -0.15) is 0 Å². The number of carbonyl (C=O) groups is 1. The molecule has 6 nitrogen and oxygen atoms in total. The van der Waals surface area contributed by atoms with Crippen LogP contribution in [0.15, 0.2) is 29.3 Å². The summed E-state index contributed by atoms with van der Waals surface area (Å²) in [5, 5.41) is 7.67. The lowest BCUT2D eigenvalue weighted by Gasteiger charge is -2.16. The second-order valence-electron chi connectivity index (χ2n) is 6.72. The van der Waals surface area contributed by atoms with E-state index in [2.05, 4.69) is 32.7 Å². The van der Waals surface area contributed by atoms with Crippen LogP contribution in [0.4, 0.5) is 0 Å². The highest BCUT2D eigenvalue weighted by atomic mass is 32.1. The van der Waals surface area contributed by atoms with Crippen molar-refractivity contribution >= 4 is 23.2 Å². The molecule has 0 unspecified atom stereocenters. The van der Waals surface area contributed by atoms with E-state index < -0.39 is 0 Å². The molecule has 0 spiro atoms. The van der Waals surface area contributed by atoms with Crippen molar-refractivity contribution in [2.24, 2.45) is 4.99 Å². The minimum atomic E-state index is 0.215. The van der Waals surface area contributed by atoms with E-state index >= 15 is 0 Å². The summed E-state index contributed by atoms with van der Waals surface area (Å²) in [7, 11) is 1.76. The van der Waals surface area contributed by atoms with Crippen LogP contribution >= 0.6 is 11.3 Å². The first-order valence-electron chi connectivity index (χ1n) is 9.29. The molecule has 1 aliphatic heterocycles. The molecular formula is C20H27N5OS. The molecule has 0 bridgehead atoms. The fourth-order valence-electron chi connectivity index (χ4n) is 3.24. The number of fused-ring (bicyclic) bond motifs is 1. The number of guanidine groups is 1. The van der Waals surface area contributed by atoms with Crippen LogP contribution in [0.1, 0.15) is 39.5 Å². The third kappa shape index (κ3) is 5.07. The molecule has 144 valence electrons. The Kier molecular flexibility index (Phi) is 6.45. The monoisotopic (exact) mass is 385 g/mol. The predicted octanol–water partition coefficient (Wildman–Crippen LogP) is 2.75. The van der Waals surface area contributed by atoms with Crippen molar-refractivity contribution < 1.29 is 4.79 Å². The lowest BCUT2D eigenvalue weighted by Crippen LogP contribution is -2.37. The molecule has 0 saturated carbocycles. The van der Waals surface area contributed by atoms with Gasteiger partial charge in [0.1, 0.15) is 0 Å². The van der Waals surface area contributed by atoms with Crippen molar-refractivity contribution in [1.29, 1.82) is 0 Å². The smallest absolute Gasteiger partial charge is 0.223 e. The fourth-order valence-corrected chi connectivity index (χ4v) is 4.11. The Balaban J connectivity index is 1.36. The molecule has 3 rings (SSSR count). The number of benzene rings is 1. The molecule has 27 heavy (non-hydrogen) atoms. The topological polar surface area (TPSA) is 69.6 Å². The highest BCUT2D eigenvalue weighted by Crippen LogP contribution is 2.22. The van der Waals surface area contributed by atoms with Crippen molar-refractivity contribution in [3.05, 3.63) is 51.0 Å². The van der Waals surface area contributed by atoms with E-state index in [1.54, 1.807) is 18.4 Å². The molecule has 1 aromatic heterocycles. The van der Waals surface area contributed by atoms with Gasteiger partial charge in [0.05, 0.1) is 17.2 Å². The Morgan fingerprint density at radius 2 is 1.93 bits per heavy atom. The second-order valence-corrected chi connectivity index (χ2v) is 8.00. The second kappa shape index (κ2) is 8.99. The van der Waals surface area contributed by atoms with Crippen molar-refractivity contribution in [3.63, 3.8) is 0 Å². The number of aliphatic imine (C=N–C) groups is 1. The maximum absolute atomic E-state index is 12.4. The third-order valence-electron chi connectivity index (χ3n) is 4.69. The number of nitrogens with one attached hydrogen (secondary N) is 2. The van der Waals surface area contributed by atoms with Gasteiger partial charge in [0.25, 0.3) is 0 Å². The maximum Gasteiger partial charge on any atom is 0.223 e. The zero-order valence-corrected chi connectivity index (χ0v) is 17.0. The first-order chi connectivity index (χ1) is 13.1. The van der Waals surface area contributed by atoms with Gasteiger partial charge in [0.15, 0.2) is 5.96 Å². The minimum Gasteiger partial charge on any atom is -0.356 e. The average molecular weight is 386 g/mol. The number of amides is 1. The van der Waals surface area contributed by atoms with E-state index in [1.807, 2.05) is 30.9 Å². The summed E-state index contributed by atoms with van der Waals surface area (Å²) in [6.45, 7) is 6.94. The first-order valence-corrected chi connectivity index (χ1v) is 10.1. The molecule has 1 aliphatic rings. The molecule has 0 atom stereocenters. The van der Waals surface area contributed by atoms with Crippen LogP contribution in [0.25, 0.3) is 0 Å². The number of aromatic nitrogens is 1. The number of hydrogen-bond donors (Lipinski definition) is 2. The quantitative estimate of drug-likeness (QED) is 0.456. The van der Waals surface area contributed by atoms with Gasteiger partial charge < -0.3 is 15.5 Å². The van der Waals surface area contributed by atoms with Crippen LogP contribution in [0.2, 0.25) is 0 Å². The fraction of sp³-hybridized carbons (Fsp3) is 0.450. The summed E-state index contributed by atoms with van der Waals surface area (Å²) in [5.74, 6) is 0.966. The Labute approximate surface area is 164 Å². The molecule has 0 saturated heterocycles. The van der Waals surface area contributed by atoms with E-state index in [0.717, 1.165) is 36.2 Å². The van der Waals surface area contributed by atoms with Crippen molar-refractivity contribution in [2.45, 2.75) is 46.3 Å². The molecule has 0 radical (unpaired) electrons. The molecule has 1 aromatic carbocycles. The zero-order valence-electron chi connectivity index (χ0n) is 16.2. The number of rotatable bonds is 6. The van der Waals surface area contributed by atoms with E-state index in [1.165, 1.54) is 16.0 Å². The van der Waals surface area contributed by atoms with E-state index in [9.17, 15) is 4.79 Å². The van der Waals surface area contributed by atoms with Crippen LogP contribution in [-0.4, -0.2) is 35.3 Å². The first kappa shape index (κ1) is 19.4. The molecule has 1 amide bonds. The zero-order chi connectivity index (χ0) is 19.2. The SMILES string of the molecule is CN=C(NCCCC(=O)N1Cc2ccccc2C1)NCc1sc(C)nc1C. The summed E-state index contributed by atoms with van der Waals surface area (Å²) in [4.78, 5) is 24.3. The van der Waals surface area contributed by atoms with E-state index in [-0.39, 0.29) is 5.91 Å². The van der Waals surface area contributed by atoms with E-state index in [0.29, 0.717) is 19.5 Å². The summed E-state index contributed by atoms with van der Waals surface area (Å²) >= 11 is 1.70. The van der Waals surface area contributed by atoms with Gasteiger partial charge in [-0.15, -0.1) is 11.3 Å². The molecule has 7 heteroatoms. The Morgan fingerprint density at radius 3 is 2.52 bits per heavy atom. The summed E-state index contributed by atoms with van der Waals surface area (Å²) in [5.41, 5.74) is 3.60. The third-order valence-corrected chi connectivity index (χ3v) is 5.77. The molecule has 2 aromatic rings. The molecule has 2 heterocycles. The van der Waals surface area contributed by atoms with Crippen LogP contribution < -0.4 is 10.6 Å². The van der Waals surface area contributed by atoms with Gasteiger partial charge in [-0.25, -0.2) is 4.98 Å². The van der Waals surface area contributed by atoms with Gasteiger partial charge in [-0.1, -0.05) is 24.3 Å². The van der Waals surface area contributed by atoms with Gasteiger partial charge >= 0.3 is 0 Å². The van der Waals surface area contributed by atoms with Gasteiger partial charge in [0.2, 0.25) is 5.91 Å². The van der Waals surface area contributed by atoms with Gasteiger partial charge in [0, 0.05) is 38.0 Å². The standard InChI is InChI=1S/C20H27N5OS/c1-14-18(27-15(2)24-14)11-23-20(21-3)22-10-6-9-19(26)25-12-16-7-4-5-8-17(16)13-25/h4-5,7-8H,6,9-13H2,1-3H3,(H2,21,22,23). The van der Waals surface area contributed by atoms with Crippen molar-refractivity contribution in [2.75, 3.05) is 13.6 Å². The highest BCUT2D eigenvalue weighted by molar-refractivity contribution is 7.11. The number of aryl methyl sites for hydroxylation is 2. The van der Waals surface area contributed by atoms with E-state index in [4.69, 9.17) is 0 Å². The average Bonchev–Trinajstić information content (AvgIpc) is 3.23. The Morgan fingerprint density at radius 1 is 1.22 bits per heavy atom. The normalized spacial score (nSPS) is 13.6. The van der Waals surface area contributed by atoms with Crippen molar-refractivity contribution in [1.82, 2.24) is 20.5 Å². The van der Waals surface area contributed by atoms with Crippen LogP contribution in [0, 0.1) is 13.8 Å². The number of thiazole rings is 1. The lowest BCUT2D eigenvalue weighted by molar-refractivity contribution is -0.131. The predicted molar refractivity (Wildman–Crippen MR) is 110 cm³/mol. The van der Waals surface area contributed by atoms with Crippen molar-refractivity contribution in [3.8, 4) is 0 Å². The molecular weight excluding hydrogens is 358 g/mol. The summed E-state index contributed by atoms with van der Waals surface area (Å²) < 4.78 is 0. The summed E-state index contributed by atoms with van der Waals surface area (Å²) in [6.07, 6.45) is 1.33. The maximum atomic E-state index is 12.4. The van der Waals surface area contributed by atoms with Crippen LogP contribution in [0.3, 0.4) is 0 Å². The Bertz CT molecular complexity index is 805.